The number of fused-ring (bicyclic) bond motifs is 1. The summed E-state index contributed by atoms with van der Waals surface area (Å²) in [5, 5.41) is 15.5. The number of carbonyl (C=O) groups excluding carboxylic acids is 2. The Morgan fingerprint density at radius 1 is 1.13 bits per heavy atom. The summed E-state index contributed by atoms with van der Waals surface area (Å²) >= 11 is 0. The number of para-hydroxylation sites is 1. The summed E-state index contributed by atoms with van der Waals surface area (Å²) in [6.45, 7) is -0.0301. The van der Waals surface area contributed by atoms with Crippen LogP contribution in [0.25, 0.3) is 10.9 Å². The van der Waals surface area contributed by atoms with E-state index in [0.717, 1.165) is 16.5 Å². The zero-order valence-corrected chi connectivity index (χ0v) is 16.4. The number of aliphatic carboxylic acids is 1. The van der Waals surface area contributed by atoms with E-state index in [2.05, 4.69) is 20.6 Å². The molecular formula is C19H27N7O4. The molecule has 0 aliphatic rings. The maximum atomic E-state index is 12.7. The predicted molar refractivity (Wildman–Crippen MR) is 112 cm³/mol. The van der Waals surface area contributed by atoms with Gasteiger partial charge in [-0.2, -0.15) is 0 Å². The summed E-state index contributed by atoms with van der Waals surface area (Å²) in [5.41, 5.74) is 17.5. The first-order chi connectivity index (χ1) is 14.3. The van der Waals surface area contributed by atoms with E-state index in [1.54, 1.807) is 6.20 Å². The number of aliphatic imine (C=N–C) groups is 1. The molecule has 0 saturated carbocycles. The lowest BCUT2D eigenvalue weighted by Gasteiger charge is -2.21. The highest BCUT2D eigenvalue weighted by molar-refractivity contribution is 5.91. The van der Waals surface area contributed by atoms with Crippen LogP contribution in [0.5, 0.6) is 0 Å². The number of nitrogens with one attached hydrogen (secondary N) is 3. The van der Waals surface area contributed by atoms with Crippen molar-refractivity contribution in [2.45, 2.75) is 31.3 Å². The molecule has 2 amide bonds. The number of amides is 2. The molecule has 0 unspecified atom stereocenters. The summed E-state index contributed by atoms with van der Waals surface area (Å²) < 4.78 is 0. The lowest BCUT2D eigenvalue weighted by atomic mass is 10.0. The molecule has 2 rings (SSSR count). The minimum atomic E-state index is -1.18. The molecule has 0 aliphatic heterocycles. The number of rotatable bonds is 11. The summed E-state index contributed by atoms with van der Waals surface area (Å²) in [6, 6.07) is 5.33. The van der Waals surface area contributed by atoms with Crippen LogP contribution in [0.3, 0.4) is 0 Å². The minimum Gasteiger partial charge on any atom is -0.480 e. The summed E-state index contributed by atoms with van der Waals surface area (Å²) in [4.78, 5) is 43.1. The smallest absolute Gasteiger partial charge is 0.326 e. The molecule has 0 bridgehead atoms. The van der Waals surface area contributed by atoms with Gasteiger partial charge in [-0.3, -0.25) is 14.6 Å². The number of H-pyrrole nitrogens is 1. The van der Waals surface area contributed by atoms with Crippen molar-refractivity contribution in [3.05, 3.63) is 36.0 Å². The SMILES string of the molecule is NCC(=O)N[C@@H](CCCN=C(N)N)C(=O)N[C@@H](Cc1c[nH]c2ccccc12)C(=O)O. The first kappa shape index (κ1) is 22.7. The third-order valence-corrected chi connectivity index (χ3v) is 4.50. The van der Waals surface area contributed by atoms with Gasteiger partial charge in [-0.25, -0.2) is 4.79 Å². The van der Waals surface area contributed by atoms with Gasteiger partial charge >= 0.3 is 5.97 Å². The lowest BCUT2D eigenvalue weighted by Crippen LogP contribution is -2.53. The largest absolute Gasteiger partial charge is 0.480 e. The Labute approximate surface area is 173 Å². The summed E-state index contributed by atoms with van der Waals surface area (Å²) in [6.07, 6.45) is 2.42. The molecule has 0 saturated heterocycles. The Hall–Kier alpha value is -3.60. The standard InChI is InChI=1S/C19H27N7O4/c20-9-16(27)25-14(6-3-7-23-19(21)22)17(28)26-15(18(29)30)8-11-10-24-13-5-2-1-4-12(11)13/h1-2,4-5,10,14-15,24H,3,6-9,20H2,(H,25,27)(H,26,28)(H,29,30)(H4,21,22,23)/t14-,15-/m0/s1. The molecule has 11 nitrogen and oxygen atoms in total. The second-order valence-corrected chi connectivity index (χ2v) is 6.74. The van der Waals surface area contributed by atoms with Crippen LogP contribution in [-0.2, 0) is 20.8 Å². The lowest BCUT2D eigenvalue weighted by molar-refractivity contribution is -0.142. The van der Waals surface area contributed by atoms with Crippen molar-refractivity contribution in [1.29, 1.82) is 0 Å². The van der Waals surface area contributed by atoms with Crippen molar-refractivity contribution >= 4 is 34.6 Å². The monoisotopic (exact) mass is 417 g/mol. The van der Waals surface area contributed by atoms with Crippen LogP contribution in [0.1, 0.15) is 18.4 Å². The van der Waals surface area contributed by atoms with Gasteiger partial charge in [0.2, 0.25) is 11.8 Å². The number of hydrogen-bond acceptors (Lipinski definition) is 5. The first-order valence-corrected chi connectivity index (χ1v) is 9.44. The molecule has 1 heterocycles. The second kappa shape index (κ2) is 10.8. The Morgan fingerprint density at radius 3 is 2.53 bits per heavy atom. The zero-order chi connectivity index (χ0) is 22.1. The van der Waals surface area contributed by atoms with E-state index in [1.165, 1.54) is 0 Å². The maximum Gasteiger partial charge on any atom is 0.326 e. The fraction of sp³-hybridized carbons (Fsp3) is 0.368. The van der Waals surface area contributed by atoms with Crippen molar-refractivity contribution in [1.82, 2.24) is 15.6 Å². The molecule has 0 spiro atoms. The number of nitrogens with zero attached hydrogens (tertiary/aromatic N) is 1. The van der Waals surface area contributed by atoms with Gasteiger partial charge in [0.05, 0.1) is 6.54 Å². The van der Waals surface area contributed by atoms with Crippen LogP contribution in [0, 0.1) is 0 Å². The average Bonchev–Trinajstić information content (AvgIpc) is 3.12. The number of carbonyl (C=O) groups is 3. The second-order valence-electron chi connectivity index (χ2n) is 6.74. The van der Waals surface area contributed by atoms with Gasteiger partial charge in [0, 0.05) is 30.1 Å². The quantitative estimate of drug-likeness (QED) is 0.135. The first-order valence-electron chi connectivity index (χ1n) is 9.44. The van der Waals surface area contributed by atoms with Crippen LogP contribution in [0.4, 0.5) is 0 Å². The molecule has 1 aromatic carbocycles. The Kier molecular flexibility index (Phi) is 8.18. The number of aromatic amines is 1. The molecule has 162 valence electrons. The topological polar surface area (TPSA) is 202 Å². The number of nitrogens with two attached hydrogens (primary N) is 3. The van der Waals surface area contributed by atoms with Crippen molar-refractivity contribution < 1.29 is 19.5 Å². The number of guanidine groups is 1. The van der Waals surface area contributed by atoms with E-state index in [4.69, 9.17) is 17.2 Å². The van der Waals surface area contributed by atoms with E-state index >= 15 is 0 Å². The van der Waals surface area contributed by atoms with Gasteiger partial charge in [0.15, 0.2) is 5.96 Å². The molecule has 2 aromatic rings. The molecule has 30 heavy (non-hydrogen) atoms. The van der Waals surface area contributed by atoms with Crippen LogP contribution in [0.15, 0.2) is 35.5 Å². The molecular weight excluding hydrogens is 390 g/mol. The third-order valence-electron chi connectivity index (χ3n) is 4.50. The number of benzene rings is 1. The van der Waals surface area contributed by atoms with Gasteiger partial charge in [0.1, 0.15) is 12.1 Å². The molecule has 1 aromatic heterocycles. The normalized spacial score (nSPS) is 12.7. The predicted octanol–water partition coefficient (Wildman–Crippen LogP) is -1.22. The molecule has 0 aliphatic carbocycles. The summed E-state index contributed by atoms with van der Waals surface area (Å²) in [5.74, 6) is -2.40. The van der Waals surface area contributed by atoms with Crippen molar-refractivity contribution in [3.63, 3.8) is 0 Å². The van der Waals surface area contributed by atoms with Crippen LogP contribution in [0.2, 0.25) is 0 Å². The van der Waals surface area contributed by atoms with Gasteiger partial charge in [0.25, 0.3) is 0 Å². The van der Waals surface area contributed by atoms with Crippen LogP contribution < -0.4 is 27.8 Å². The van der Waals surface area contributed by atoms with Gasteiger partial charge in [-0.15, -0.1) is 0 Å². The molecule has 0 fully saturated rings. The fourth-order valence-corrected chi connectivity index (χ4v) is 3.02. The highest BCUT2D eigenvalue weighted by atomic mass is 16.4. The number of aromatic nitrogens is 1. The van der Waals surface area contributed by atoms with Gasteiger partial charge in [-0.1, -0.05) is 18.2 Å². The number of hydrogen-bond donors (Lipinski definition) is 7. The van der Waals surface area contributed by atoms with Crippen molar-refractivity contribution in [3.8, 4) is 0 Å². The highest BCUT2D eigenvalue weighted by Gasteiger charge is 2.27. The van der Waals surface area contributed by atoms with Gasteiger partial charge < -0.3 is 37.9 Å². The van der Waals surface area contributed by atoms with Crippen molar-refractivity contribution in [2.24, 2.45) is 22.2 Å². The molecule has 0 radical (unpaired) electrons. The summed E-state index contributed by atoms with van der Waals surface area (Å²) in [7, 11) is 0. The maximum absolute atomic E-state index is 12.7. The van der Waals surface area contributed by atoms with E-state index in [9.17, 15) is 19.5 Å². The fourth-order valence-electron chi connectivity index (χ4n) is 3.02. The molecule has 2 atom stereocenters. The van der Waals surface area contributed by atoms with E-state index < -0.39 is 29.9 Å². The van der Waals surface area contributed by atoms with E-state index in [0.29, 0.717) is 6.42 Å². The van der Waals surface area contributed by atoms with Crippen molar-refractivity contribution in [2.75, 3.05) is 13.1 Å². The Morgan fingerprint density at radius 2 is 1.87 bits per heavy atom. The van der Waals surface area contributed by atoms with E-state index in [-0.39, 0.29) is 31.9 Å². The number of carboxylic acid groups (broad SMARTS) is 1. The van der Waals surface area contributed by atoms with Crippen LogP contribution in [-0.4, -0.2) is 59.0 Å². The minimum absolute atomic E-state index is 0.0772. The molecule has 11 heteroatoms. The van der Waals surface area contributed by atoms with Gasteiger partial charge in [-0.05, 0) is 24.5 Å². The third kappa shape index (κ3) is 6.48. The van der Waals surface area contributed by atoms with E-state index in [1.807, 2.05) is 24.3 Å². The Bertz CT molecular complexity index is 920. The average molecular weight is 417 g/mol. The Balaban J connectivity index is 2.09. The van der Waals surface area contributed by atoms with Crippen LogP contribution >= 0.6 is 0 Å². The number of carboxylic acids is 1. The highest BCUT2D eigenvalue weighted by Crippen LogP contribution is 2.19. The zero-order valence-electron chi connectivity index (χ0n) is 16.4. The molecule has 10 N–H and O–H groups in total.